The molecule has 0 spiro atoms. The molecule has 1 fully saturated rings. The van der Waals surface area contributed by atoms with E-state index in [0.717, 1.165) is 32.6 Å². The molecule has 1 amide bonds. The molecule has 1 saturated heterocycles. The monoisotopic (exact) mass is 297 g/mol. The fourth-order valence-corrected chi connectivity index (χ4v) is 1.65. The predicted octanol–water partition coefficient (Wildman–Crippen LogP) is 2.69. The maximum absolute atomic E-state index is 10.5. The van der Waals surface area contributed by atoms with Crippen molar-refractivity contribution in [2.45, 2.75) is 41.0 Å². The maximum atomic E-state index is 10.5. The molecular formula is C17H35N3O. The molecule has 1 aliphatic heterocycles. The third-order valence-electron chi connectivity index (χ3n) is 2.93. The summed E-state index contributed by atoms with van der Waals surface area (Å²) in [5.41, 5.74) is 0. The van der Waals surface area contributed by atoms with E-state index in [-0.39, 0.29) is 5.91 Å². The Hall–Kier alpha value is -1.13. The molecule has 3 N–H and O–H groups in total. The fourth-order valence-electron chi connectivity index (χ4n) is 1.65. The SMILES string of the molecule is C1CNCCN1.C=CC(C/C=C/NC(C)=O)C(C)C.CC. The first-order chi connectivity index (χ1) is 10.1. The summed E-state index contributed by atoms with van der Waals surface area (Å²) < 4.78 is 0. The van der Waals surface area contributed by atoms with E-state index in [2.05, 4.69) is 36.4 Å². The van der Waals surface area contributed by atoms with Crippen molar-refractivity contribution < 1.29 is 4.79 Å². The van der Waals surface area contributed by atoms with E-state index in [9.17, 15) is 4.79 Å². The van der Waals surface area contributed by atoms with Crippen LogP contribution in [0.2, 0.25) is 0 Å². The van der Waals surface area contributed by atoms with E-state index in [4.69, 9.17) is 0 Å². The summed E-state index contributed by atoms with van der Waals surface area (Å²) in [4.78, 5) is 10.5. The average molecular weight is 297 g/mol. The molecule has 1 unspecified atom stereocenters. The molecule has 1 aliphatic rings. The van der Waals surface area contributed by atoms with Crippen molar-refractivity contribution in [2.24, 2.45) is 11.8 Å². The molecular weight excluding hydrogens is 262 g/mol. The first kappa shape index (κ1) is 22.2. The van der Waals surface area contributed by atoms with Gasteiger partial charge in [0.1, 0.15) is 0 Å². The molecule has 0 radical (unpaired) electrons. The van der Waals surface area contributed by atoms with Gasteiger partial charge in [-0.25, -0.2) is 0 Å². The third kappa shape index (κ3) is 16.8. The Morgan fingerprint density at radius 1 is 1.19 bits per heavy atom. The highest BCUT2D eigenvalue weighted by molar-refractivity contribution is 5.73. The van der Waals surface area contributed by atoms with Crippen LogP contribution in [0, 0.1) is 11.8 Å². The lowest BCUT2D eigenvalue weighted by atomic mass is 9.93. The van der Waals surface area contributed by atoms with Crippen molar-refractivity contribution in [1.82, 2.24) is 16.0 Å². The zero-order valence-electron chi connectivity index (χ0n) is 14.5. The normalized spacial score (nSPS) is 15.3. The number of amides is 1. The van der Waals surface area contributed by atoms with Gasteiger partial charge in [-0.1, -0.05) is 39.8 Å². The number of hydrogen-bond donors (Lipinski definition) is 3. The van der Waals surface area contributed by atoms with Crippen LogP contribution in [0.1, 0.15) is 41.0 Å². The molecule has 4 nitrogen and oxygen atoms in total. The molecule has 0 aromatic carbocycles. The minimum Gasteiger partial charge on any atom is -0.333 e. The van der Waals surface area contributed by atoms with Crippen molar-refractivity contribution >= 4 is 5.91 Å². The third-order valence-corrected chi connectivity index (χ3v) is 2.93. The van der Waals surface area contributed by atoms with Crippen LogP contribution in [-0.2, 0) is 4.79 Å². The van der Waals surface area contributed by atoms with E-state index >= 15 is 0 Å². The fraction of sp³-hybridized carbons (Fsp3) is 0.706. The van der Waals surface area contributed by atoms with E-state index in [1.807, 2.05) is 26.0 Å². The molecule has 0 saturated carbocycles. The number of piperazine rings is 1. The Kier molecular flexibility index (Phi) is 17.9. The summed E-state index contributed by atoms with van der Waals surface area (Å²) in [7, 11) is 0. The Morgan fingerprint density at radius 2 is 1.67 bits per heavy atom. The number of hydrogen-bond acceptors (Lipinski definition) is 3. The number of carbonyl (C=O) groups is 1. The van der Waals surface area contributed by atoms with Gasteiger partial charge in [0, 0.05) is 33.1 Å². The first-order valence-electron chi connectivity index (χ1n) is 8.04. The summed E-state index contributed by atoms with van der Waals surface area (Å²) in [5, 5.41) is 9.05. The molecule has 0 aromatic rings. The quantitative estimate of drug-likeness (QED) is 0.684. The van der Waals surface area contributed by atoms with Gasteiger partial charge in [0.15, 0.2) is 0 Å². The van der Waals surface area contributed by atoms with Gasteiger partial charge >= 0.3 is 0 Å². The Bertz CT molecular complexity index is 260. The van der Waals surface area contributed by atoms with Gasteiger partial charge in [-0.2, -0.15) is 0 Å². The van der Waals surface area contributed by atoms with Crippen molar-refractivity contribution in [2.75, 3.05) is 26.2 Å². The van der Waals surface area contributed by atoms with Crippen LogP contribution >= 0.6 is 0 Å². The number of nitrogens with one attached hydrogen (secondary N) is 3. The van der Waals surface area contributed by atoms with E-state index in [0.29, 0.717) is 11.8 Å². The van der Waals surface area contributed by atoms with Gasteiger partial charge in [-0.05, 0) is 24.5 Å². The Morgan fingerprint density at radius 3 is 1.95 bits per heavy atom. The number of carbonyl (C=O) groups excluding carboxylic acids is 1. The van der Waals surface area contributed by atoms with Crippen LogP contribution in [0.15, 0.2) is 24.9 Å². The van der Waals surface area contributed by atoms with E-state index in [1.165, 1.54) is 6.92 Å². The molecule has 124 valence electrons. The lowest BCUT2D eigenvalue weighted by Gasteiger charge is -2.13. The smallest absolute Gasteiger partial charge is 0.220 e. The summed E-state index contributed by atoms with van der Waals surface area (Å²) in [5.74, 6) is 1.06. The average Bonchev–Trinajstić information content (AvgIpc) is 2.51. The standard InChI is InChI=1S/C11H19NO.C4H10N2.C2H6/c1-5-11(9(2)3)7-6-8-12-10(4)13;1-2-6-4-3-5-1;1-2/h5-6,8-9,11H,1,7H2,2-4H3,(H,12,13);5-6H,1-4H2;1-2H3/b8-6+;;. The second-order valence-electron chi connectivity index (χ2n) is 4.98. The van der Waals surface area contributed by atoms with Crippen LogP contribution in [0.3, 0.4) is 0 Å². The Balaban J connectivity index is 0. The summed E-state index contributed by atoms with van der Waals surface area (Å²) in [6.45, 7) is 18.2. The molecule has 0 aliphatic carbocycles. The molecule has 21 heavy (non-hydrogen) atoms. The van der Waals surface area contributed by atoms with E-state index < -0.39 is 0 Å². The van der Waals surface area contributed by atoms with Gasteiger partial charge < -0.3 is 16.0 Å². The molecule has 1 rings (SSSR count). The van der Waals surface area contributed by atoms with Gasteiger partial charge in [-0.15, -0.1) is 6.58 Å². The number of allylic oxidation sites excluding steroid dienone is 2. The second-order valence-corrected chi connectivity index (χ2v) is 4.98. The Labute approximate surface area is 131 Å². The second kappa shape index (κ2) is 16.9. The van der Waals surface area contributed by atoms with E-state index in [1.54, 1.807) is 6.20 Å². The highest BCUT2D eigenvalue weighted by Crippen LogP contribution is 2.16. The molecule has 1 atom stereocenters. The van der Waals surface area contributed by atoms with Gasteiger partial charge in [0.2, 0.25) is 5.91 Å². The van der Waals surface area contributed by atoms with Crippen LogP contribution in [0.4, 0.5) is 0 Å². The van der Waals surface area contributed by atoms with Crippen molar-refractivity contribution in [3.05, 3.63) is 24.9 Å². The largest absolute Gasteiger partial charge is 0.333 e. The van der Waals surface area contributed by atoms with Crippen molar-refractivity contribution in [1.29, 1.82) is 0 Å². The minimum absolute atomic E-state index is 0.0315. The first-order valence-corrected chi connectivity index (χ1v) is 8.04. The molecule has 0 aromatic heterocycles. The lowest BCUT2D eigenvalue weighted by molar-refractivity contribution is -0.118. The van der Waals surface area contributed by atoms with Gasteiger partial charge in [-0.3, -0.25) is 4.79 Å². The summed E-state index contributed by atoms with van der Waals surface area (Å²) in [6.07, 6.45) is 6.55. The lowest BCUT2D eigenvalue weighted by Crippen LogP contribution is -2.39. The maximum Gasteiger partial charge on any atom is 0.220 e. The summed E-state index contributed by atoms with van der Waals surface area (Å²) in [6, 6.07) is 0. The van der Waals surface area contributed by atoms with Crippen LogP contribution in [0.5, 0.6) is 0 Å². The number of rotatable bonds is 5. The summed E-state index contributed by atoms with van der Waals surface area (Å²) >= 11 is 0. The van der Waals surface area contributed by atoms with Crippen LogP contribution < -0.4 is 16.0 Å². The molecule has 1 heterocycles. The zero-order chi connectivity index (χ0) is 16.5. The highest BCUT2D eigenvalue weighted by atomic mass is 16.1. The van der Waals surface area contributed by atoms with Crippen molar-refractivity contribution in [3.63, 3.8) is 0 Å². The van der Waals surface area contributed by atoms with Crippen LogP contribution in [0.25, 0.3) is 0 Å². The molecule has 4 heteroatoms. The van der Waals surface area contributed by atoms with Gasteiger partial charge in [0.05, 0.1) is 0 Å². The predicted molar refractivity (Wildman–Crippen MR) is 93.2 cm³/mol. The van der Waals surface area contributed by atoms with Crippen LogP contribution in [-0.4, -0.2) is 32.1 Å². The highest BCUT2D eigenvalue weighted by Gasteiger charge is 2.05. The zero-order valence-corrected chi connectivity index (χ0v) is 14.5. The van der Waals surface area contributed by atoms with Gasteiger partial charge in [0.25, 0.3) is 0 Å². The van der Waals surface area contributed by atoms with Crippen molar-refractivity contribution in [3.8, 4) is 0 Å². The molecule has 0 bridgehead atoms. The minimum atomic E-state index is -0.0315. The topological polar surface area (TPSA) is 53.2 Å².